The van der Waals surface area contributed by atoms with Crippen LogP contribution in [-0.2, 0) is 4.79 Å². The van der Waals surface area contributed by atoms with Crippen LogP contribution in [0, 0.1) is 5.92 Å². The summed E-state index contributed by atoms with van der Waals surface area (Å²) >= 11 is 5.32. The molecule has 1 unspecified atom stereocenters. The maximum absolute atomic E-state index is 11.9. The second kappa shape index (κ2) is 7.55. The van der Waals surface area contributed by atoms with E-state index in [2.05, 4.69) is 15.9 Å². The number of carbonyl (C=O) groups is 1. The molecule has 2 nitrogen and oxygen atoms in total. The molecule has 15 heavy (non-hydrogen) atoms. The Bertz CT molecular complexity index is 195. The molecule has 4 heteroatoms. The molecule has 0 bridgehead atoms. The average Bonchev–Trinajstić information content (AvgIpc) is 2.76. The van der Waals surface area contributed by atoms with Gasteiger partial charge in [0.2, 0.25) is 5.91 Å². The summed E-state index contributed by atoms with van der Waals surface area (Å²) in [6, 6.07) is 0. The minimum Gasteiger partial charge on any atom is -0.345 e. The topological polar surface area (TPSA) is 20.3 Å². The lowest BCUT2D eigenvalue weighted by Gasteiger charge is -2.20. The molecule has 1 saturated heterocycles. The van der Waals surface area contributed by atoms with E-state index in [0.717, 1.165) is 36.2 Å². The van der Waals surface area contributed by atoms with Crippen LogP contribution in [0.5, 0.6) is 0 Å². The van der Waals surface area contributed by atoms with Crippen molar-refractivity contribution < 1.29 is 4.79 Å². The number of alkyl halides is 1. The van der Waals surface area contributed by atoms with Crippen molar-refractivity contribution in [2.45, 2.75) is 25.7 Å². The van der Waals surface area contributed by atoms with Gasteiger partial charge in [0.05, 0.1) is 0 Å². The number of carbonyl (C=O) groups excluding carboxylic acids is 1. The first kappa shape index (κ1) is 13.4. The van der Waals surface area contributed by atoms with Gasteiger partial charge in [-0.3, -0.25) is 4.79 Å². The monoisotopic (exact) mass is 293 g/mol. The molecule has 0 N–H and O–H groups in total. The molecular formula is C11H20BrNOS. The van der Waals surface area contributed by atoms with Crippen molar-refractivity contribution >= 4 is 33.6 Å². The molecule has 0 spiro atoms. The van der Waals surface area contributed by atoms with E-state index >= 15 is 0 Å². The number of thioether (sulfide) groups is 1. The minimum atomic E-state index is 0.302. The molecule has 1 rings (SSSR count). The van der Waals surface area contributed by atoms with Gasteiger partial charge < -0.3 is 4.90 Å². The molecule has 1 heterocycles. The third-order valence-corrected chi connectivity index (χ3v) is 4.51. The SMILES string of the molecule is CN(CCCCCBr)C(=O)C1CCSC1. The average molecular weight is 294 g/mol. The van der Waals surface area contributed by atoms with Crippen molar-refractivity contribution in [2.24, 2.45) is 5.92 Å². The molecule has 1 aliphatic heterocycles. The summed E-state index contributed by atoms with van der Waals surface area (Å²) in [5.74, 6) is 2.85. The van der Waals surface area contributed by atoms with Crippen molar-refractivity contribution in [3.8, 4) is 0 Å². The lowest BCUT2D eigenvalue weighted by molar-refractivity contribution is -0.133. The summed E-state index contributed by atoms with van der Waals surface area (Å²) in [5.41, 5.74) is 0. The molecule has 88 valence electrons. The molecule has 0 aliphatic carbocycles. The van der Waals surface area contributed by atoms with Crippen LogP contribution >= 0.6 is 27.7 Å². The molecule has 0 saturated carbocycles. The Morgan fingerprint density at radius 2 is 2.27 bits per heavy atom. The van der Waals surface area contributed by atoms with Gasteiger partial charge in [-0.1, -0.05) is 22.4 Å². The van der Waals surface area contributed by atoms with Crippen LogP contribution in [0.3, 0.4) is 0 Å². The number of hydrogen-bond donors (Lipinski definition) is 0. The Hall–Kier alpha value is 0.300. The van der Waals surface area contributed by atoms with Gasteiger partial charge in [0, 0.05) is 30.6 Å². The van der Waals surface area contributed by atoms with E-state index in [9.17, 15) is 4.79 Å². The number of halogens is 1. The largest absolute Gasteiger partial charge is 0.345 e. The summed E-state index contributed by atoms with van der Waals surface area (Å²) < 4.78 is 0. The minimum absolute atomic E-state index is 0.302. The zero-order valence-electron chi connectivity index (χ0n) is 9.38. The van der Waals surface area contributed by atoms with Crippen LogP contribution in [0.4, 0.5) is 0 Å². The Labute approximate surface area is 105 Å². The molecule has 1 atom stereocenters. The highest BCUT2D eigenvalue weighted by Crippen LogP contribution is 2.24. The highest BCUT2D eigenvalue weighted by molar-refractivity contribution is 9.09. The highest BCUT2D eigenvalue weighted by atomic mass is 79.9. The fourth-order valence-electron chi connectivity index (χ4n) is 1.77. The van der Waals surface area contributed by atoms with E-state index in [4.69, 9.17) is 0 Å². The summed E-state index contributed by atoms with van der Waals surface area (Å²) in [7, 11) is 1.94. The summed E-state index contributed by atoms with van der Waals surface area (Å²) in [5, 5.41) is 1.07. The van der Waals surface area contributed by atoms with E-state index in [1.807, 2.05) is 23.7 Å². The van der Waals surface area contributed by atoms with E-state index in [-0.39, 0.29) is 0 Å². The molecule has 0 radical (unpaired) electrons. The third kappa shape index (κ3) is 4.77. The summed E-state index contributed by atoms with van der Waals surface area (Å²) in [4.78, 5) is 13.8. The lowest BCUT2D eigenvalue weighted by atomic mass is 10.1. The first-order valence-corrected chi connectivity index (χ1v) is 7.92. The number of nitrogens with zero attached hydrogens (tertiary/aromatic N) is 1. The predicted molar refractivity (Wildman–Crippen MR) is 70.7 cm³/mol. The molecule has 1 amide bonds. The first-order chi connectivity index (χ1) is 7.25. The smallest absolute Gasteiger partial charge is 0.226 e. The van der Waals surface area contributed by atoms with Crippen molar-refractivity contribution in [3.63, 3.8) is 0 Å². The van der Waals surface area contributed by atoms with Gasteiger partial charge in [0.1, 0.15) is 0 Å². The Morgan fingerprint density at radius 1 is 1.47 bits per heavy atom. The number of unbranched alkanes of at least 4 members (excludes halogenated alkanes) is 2. The molecule has 1 aliphatic rings. The van der Waals surface area contributed by atoms with E-state index in [1.54, 1.807) is 0 Å². The van der Waals surface area contributed by atoms with Crippen LogP contribution < -0.4 is 0 Å². The number of hydrogen-bond acceptors (Lipinski definition) is 2. The zero-order valence-corrected chi connectivity index (χ0v) is 11.8. The van der Waals surface area contributed by atoms with Crippen LogP contribution in [-0.4, -0.2) is 41.2 Å². The standard InChI is InChI=1S/C11H20BrNOS/c1-13(7-4-2-3-6-12)11(14)10-5-8-15-9-10/h10H,2-9H2,1H3. The highest BCUT2D eigenvalue weighted by Gasteiger charge is 2.25. The lowest BCUT2D eigenvalue weighted by Crippen LogP contribution is -2.33. The van der Waals surface area contributed by atoms with E-state index in [1.165, 1.54) is 12.8 Å². The van der Waals surface area contributed by atoms with Gasteiger partial charge in [-0.2, -0.15) is 11.8 Å². The summed E-state index contributed by atoms with van der Waals surface area (Å²) in [6.07, 6.45) is 4.63. The first-order valence-electron chi connectivity index (χ1n) is 5.64. The molecule has 0 aromatic heterocycles. The quantitative estimate of drug-likeness (QED) is 0.554. The van der Waals surface area contributed by atoms with Crippen LogP contribution in [0.2, 0.25) is 0 Å². The number of rotatable bonds is 6. The van der Waals surface area contributed by atoms with Crippen LogP contribution in [0.1, 0.15) is 25.7 Å². The molecule has 1 fully saturated rings. The van der Waals surface area contributed by atoms with Crippen LogP contribution in [0.25, 0.3) is 0 Å². The van der Waals surface area contributed by atoms with Gasteiger partial charge in [-0.05, 0) is 25.0 Å². The molecular weight excluding hydrogens is 274 g/mol. The van der Waals surface area contributed by atoms with Crippen molar-refractivity contribution in [1.82, 2.24) is 4.90 Å². The van der Waals surface area contributed by atoms with Gasteiger partial charge in [0.15, 0.2) is 0 Å². The maximum Gasteiger partial charge on any atom is 0.226 e. The zero-order chi connectivity index (χ0) is 11.1. The second-order valence-corrected chi connectivity index (χ2v) is 6.01. The van der Waals surface area contributed by atoms with Gasteiger partial charge in [-0.25, -0.2) is 0 Å². The fourth-order valence-corrected chi connectivity index (χ4v) is 3.38. The van der Waals surface area contributed by atoms with Crippen molar-refractivity contribution in [1.29, 1.82) is 0 Å². The van der Waals surface area contributed by atoms with Gasteiger partial charge in [0.25, 0.3) is 0 Å². The van der Waals surface area contributed by atoms with Gasteiger partial charge >= 0.3 is 0 Å². The van der Waals surface area contributed by atoms with E-state index < -0.39 is 0 Å². The number of amides is 1. The van der Waals surface area contributed by atoms with Gasteiger partial charge in [-0.15, -0.1) is 0 Å². The van der Waals surface area contributed by atoms with Crippen LogP contribution in [0.15, 0.2) is 0 Å². The molecule has 0 aromatic rings. The summed E-state index contributed by atoms with van der Waals surface area (Å²) in [6.45, 7) is 0.924. The molecule has 0 aromatic carbocycles. The Kier molecular flexibility index (Phi) is 6.73. The fraction of sp³-hybridized carbons (Fsp3) is 0.909. The third-order valence-electron chi connectivity index (χ3n) is 2.78. The normalized spacial score (nSPS) is 20.5. The van der Waals surface area contributed by atoms with Crippen molar-refractivity contribution in [2.75, 3.05) is 30.4 Å². The second-order valence-electron chi connectivity index (χ2n) is 4.07. The van der Waals surface area contributed by atoms with E-state index in [0.29, 0.717) is 11.8 Å². The Morgan fingerprint density at radius 3 is 2.87 bits per heavy atom. The van der Waals surface area contributed by atoms with Crippen molar-refractivity contribution in [3.05, 3.63) is 0 Å². The Balaban J connectivity index is 2.14. The predicted octanol–water partition coefficient (Wildman–Crippen LogP) is 2.76. The maximum atomic E-state index is 11.9.